The number of nitrogens with zero attached hydrogens (tertiary/aromatic N) is 1. The topological polar surface area (TPSA) is 46.3 Å². The van der Waals surface area contributed by atoms with Crippen molar-refractivity contribution in [2.45, 2.75) is 70.4 Å². The van der Waals surface area contributed by atoms with E-state index in [1.165, 1.54) is 25.7 Å². The van der Waals surface area contributed by atoms with Crippen molar-refractivity contribution < 1.29 is 4.79 Å². The van der Waals surface area contributed by atoms with E-state index in [0.717, 1.165) is 32.2 Å². The maximum absolute atomic E-state index is 12.3. The zero-order valence-corrected chi connectivity index (χ0v) is 11.0. The van der Waals surface area contributed by atoms with Gasteiger partial charge in [0.2, 0.25) is 5.91 Å². The first kappa shape index (κ1) is 12.9. The Labute approximate surface area is 105 Å². The van der Waals surface area contributed by atoms with Crippen LogP contribution in [0, 0.1) is 5.92 Å². The quantitative estimate of drug-likeness (QED) is 0.820. The second-order valence-electron chi connectivity index (χ2n) is 5.79. The molecule has 3 atom stereocenters. The van der Waals surface area contributed by atoms with Gasteiger partial charge in [-0.25, -0.2) is 0 Å². The van der Waals surface area contributed by atoms with E-state index in [0.29, 0.717) is 23.9 Å². The molecule has 2 N–H and O–H groups in total. The van der Waals surface area contributed by atoms with Crippen LogP contribution in [0.15, 0.2) is 0 Å². The molecule has 3 nitrogen and oxygen atoms in total. The summed E-state index contributed by atoms with van der Waals surface area (Å²) in [6, 6.07) is 0.849. The number of nitrogens with two attached hydrogens (primary N) is 1. The molecule has 1 amide bonds. The number of carbonyl (C=O) groups is 1. The Morgan fingerprint density at radius 1 is 1.29 bits per heavy atom. The van der Waals surface area contributed by atoms with Crippen LogP contribution in [-0.4, -0.2) is 29.4 Å². The van der Waals surface area contributed by atoms with Crippen LogP contribution in [0.25, 0.3) is 0 Å². The lowest BCUT2D eigenvalue weighted by Crippen LogP contribution is -2.37. The monoisotopic (exact) mass is 238 g/mol. The van der Waals surface area contributed by atoms with Crippen molar-refractivity contribution in [2.24, 2.45) is 11.7 Å². The number of rotatable bonds is 3. The average molecular weight is 238 g/mol. The van der Waals surface area contributed by atoms with E-state index in [9.17, 15) is 4.79 Å². The fraction of sp³-hybridized carbons (Fsp3) is 0.929. The van der Waals surface area contributed by atoms with Gasteiger partial charge in [0, 0.05) is 25.0 Å². The molecule has 1 saturated heterocycles. The van der Waals surface area contributed by atoms with Gasteiger partial charge < -0.3 is 10.6 Å². The van der Waals surface area contributed by atoms with Gasteiger partial charge in [-0.3, -0.25) is 4.79 Å². The fourth-order valence-corrected chi connectivity index (χ4v) is 3.47. The molecule has 3 unspecified atom stereocenters. The van der Waals surface area contributed by atoms with Crippen molar-refractivity contribution >= 4 is 5.91 Å². The minimum Gasteiger partial charge on any atom is -0.340 e. The summed E-state index contributed by atoms with van der Waals surface area (Å²) in [5.74, 6) is 0.929. The Morgan fingerprint density at radius 2 is 2.12 bits per heavy atom. The van der Waals surface area contributed by atoms with Gasteiger partial charge in [-0.2, -0.15) is 0 Å². The van der Waals surface area contributed by atoms with Crippen molar-refractivity contribution in [1.82, 2.24) is 4.90 Å². The predicted octanol–water partition coefficient (Wildman–Crippen LogP) is 2.29. The Hall–Kier alpha value is -0.570. The fourth-order valence-electron chi connectivity index (χ4n) is 3.47. The van der Waals surface area contributed by atoms with Crippen LogP contribution in [0.4, 0.5) is 0 Å². The third-order valence-corrected chi connectivity index (χ3v) is 4.46. The van der Waals surface area contributed by atoms with E-state index in [1.807, 2.05) is 0 Å². The van der Waals surface area contributed by atoms with Gasteiger partial charge >= 0.3 is 0 Å². The number of hydrogen-bond acceptors (Lipinski definition) is 2. The summed E-state index contributed by atoms with van der Waals surface area (Å²) in [6.07, 6.45) is 8.84. The zero-order valence-electron chi connectivity index (χ0n) is 11.0. The molecule has 17 heavy (non-hydrogen) atoms. The molecule has 0 aromatic carbocycles. The van der Waals surface area contributed by atoms with Gasteiger partial charge in [-0.1, -0.05) is 13.3 Å². The van der Waals surface area contributed by atoms with E-state index in [1.54, 1.807) is 0 Å². The molecule has 98 valence electrons. The van der Waals surface area contributed by atoms with Crippen LogP contribution in [0.3, 0.4) is 0 Å². The molecule has 2 aliphatic rings. The molecule has 3 heteroatoms. The van der Waals surface area contributed by atoms with E-state index in [2.05, 4.69) is 11.8 Å². The van der Waals surface area contributed by atoms with Gasteiger partial charge in [0.05, 0.1) is 0 Å². The number of likely N-dealkylation sites (tertiary alicyclic amines) is 1. The van der Waals surface area contributed by atoms with Crippen LogP contribution in [0.5, 0.6) is 0 Å². The Morgan fingerprint density at radius 3 is 2.82 bits per heavy atom. The average Bonchev–Trinajstić information content (AvgIpc) is 2.77. The first-order valence-corrected chi connectivity index (χ1v) is 7.25. The lowest BCUT2D eigenvalue weighted by molar-refractivity contribution is -0.133. The molecule has 1 aliphatic heterocycles. The highest BCUT2D eigenvalue weighted by Crippen LogP contribution is 2.28. The molecular formula is C14H26N2O. The molecule has 0 spiro atoms. The SMILES string of the molecule is CCC1CCCN1C(=O)CC1CCCC(N)C1. The van der Waals surface area contributed by atoms with Crippen molar-refractivity contribution in [3.05, 3.63) is 0 Å². The van der Waals surface area contributed by atoms with Gasteiger partial charge in [0.25, 0.3) is 0 Å². The summed E-state index contributed by atoms with van der Waals surface area (Å²) in [7, 11) is 0. The van der Waals surface area contributed by atoms with Crippen molar-refractivity contribution in [2.75, 3.05) is 6.54 Å². The van der Waals surface area contributed by atoms with Gasteiger partial charge in [0.1, 0.15) is 0 Å². The number of carbonyl (C=O) groups excluding carboxylic acids is 1. The van der Waals surface area contributed by atoms with E-state index < -0.39 is 0 Å². The molecule has 1 saturated carbocycles. The minimum atomic E-state index is 0.335. The summed E-state index contributed by atoms with van der Waals surface area (Å²) in [6.45, 7) is 3.17. The second-order valence-corrected chi connectivity index (χ2v) is 5.79. The van der Waals surface area contributed by atoms with Gasteiger partial charge in [0.15, 0.2) is 0 Å². The lowest BCUT2D eigenvalue weighted by atomic mass is 9.84. The first-order valence-electron chi connectivity index (χ1n) is 7.25. The first-order chi connectivity index (χ1) is 8.20. The summed E-state index contributed by atoms with van der Waals surface area (Å²) in [4.78, 5) is 14.4. The van der Waals surface area contributed by atoms with Crippen molar-refractivity contribution in [3.8, 4) is 0 Å². The molecular weight excluding hydrogens is 212 g/mol. The van der Waals surface area contributed by atoms with E-state index in [-0.39, 0.29) is 0 Å². The standard InChI is InChI=1S/C14H26N2O/c1-2-13-7-4-8-16(13)14(17)10-11-5-3-6-12(15)9-11/h11-13H,2-10,15H2,1H3. The minimum absolute atomic E-state index is 0.335. The summed E-state index contributed by atoms with van der Waals surface area (Å²) < 4.78 is 0. The lowest BCUT2D eigenvalue weighted by Gasteiger charge is -2.29. The largest absolute Gasteiger partial charge is 0.340 e. The summed E-state index contributed by atoms with van der Waals surface area (Å²) in [5.41, 5.74) is 5.98. The van der Waals surface area contributed by atoms with Crippen molar-refractivity contribution in [1.29, 1.82) is 0 Å². The Bertz CT molecular complexity index is 267. The summed E-state index contributed by atoms with van der Waals surface area (Å²) >= 11 is 0. The predicted molar refractivity (Wildman–Crippen MR) is 69.6 cm³/mol. The third kappa shape index (κ3) is 3.21. The van der Waals surface area contributed by atoms with Crippen LogP contribution in [0.1, 0.15) is 58.3 Å². The number of hydrogen-bond donors (Lipinski definition) is 1. The Balaban J connectivity index is 1.83. The molecule has 1 aliphatic carbocycles. The number of amides is 1. The maximum atomic E-state index is 12.3. The van der Waals surface area contributed by atoms with Crippen LogP contribution in [-0.2, 0) is 4.79 Å². The van der Waals surface area contributed by atoms with Crippen LogP contribution in [0.2, 0.25) is 0 Å². The highest BCUT2D eigenvalue weighted by atomic mass is 16.2. The normalized spacial score (nSPS) is 34.0. The highest BCUT2D eigenvalue weighted by Gasteiger charge is 2.29. The molecule has 1 heterocycles. The van der Waals surface area contributed by atoms with E-state index >= 15 is 0 Å². The van der Waals surface area contributed by atoms with Gasteiger partial charge in [-0.05, 0) is 44.4 Å². The third-order valence-electron chi connectivity index (χ3n) is 4.46. The van der Waals surface area contributed by atoms with Crippen molar-refractivity contribution in [3.63, 3.8) is 0 Å². The Kier molecular flexibility index (Phi) is 4.43. The maximum Gasteiger partial charge on any atom is 0.223 e. The highest BCUT2D eigenvalue weighted by molar-refractivity contribution is 5.77. The molecule has 2 rings (SSSR count). The van der Waals surface area contributed by atoms with Crippen LogP contribution >= 0.6 is 0 Å². The molecule has 2 fully saturated rings. The molecule has 0 aromatic heterocycles. The second kappa shape index (κ2) is 5.85. The molecule has 0 aromatic rings. The van der Waals surface area contributed by atoms with Gasteiger partial charge in [-0.15, -0.1) is 0 Å². The van der Waals surface area contributed by atoms with Crippen LogP contribution < -0.4 is 5.73 Å². The molecule has 0 bridgehead atoms. The van der Waals surface area contributed by atoms with E-state index in [4.69, 9.17) is 5.73 Å². The summed E-state index contributed by atoms with van der Waals surface area (Å²) in [5, 5.41) is 0. The smallest absolute Gasteiger partial charge is 0.223 e. The zero-order chi connectivity index (χ0) is 12.3. The molecule has 0 radical (unpaired) electrons.